The van der Waals surface area contributed by atoms with E-state index in [1.807, 2.05) is 6.07 Å². The lowest BCUT2D eigenvalue weighted by molar-refractivity contribution is -0.124. The number of carbonyl (C=O) groups excluding carboxylic acids is 3. The van der Waals surface area contributed by atoms with E-state index < -0.39 is 23.7 Å². The van der Waals surface area contributed by atoms with E-state index >= 15 is 0 Å². The van der Waals surface area contributed by atoms with Gasteiger partial charge in [0.2, 0.25) is 5.91 Å². The number of amides is 2. The third-order valence-corrected chi connectivity index (χ3v) is 5.94. The molecule has 184 valence electrons. The van der Waals surface area contributed by atoms with Gasteiger partial charge >= 0.3 is 5.97 Å². The fraction of sp³-hybridized carbons (Fsp3) is 0.192. The number of esters is 1. The number of hydrogen-bond donors (Lipinski definition) is 1. The quantitative estimate of drug-likeness (QED) is 0.366. The van der Waals surface area contributed by atoms with Crippen molar-refractivity contribution < 1.29 is 23.5 Å². The van der Waals surface area contributed by atoms with Crippen LogP contribution >= 0.6 is 12.2 Å². The van der Waals surface area contributed by atoms with Crippen molar-refractivity contribution in [3.05, 3.63) is 90.0 Å². The molecular weight excluding hydrogens is 483 g/mol. The largest absolute Gasteiger partial charge is 0.462 e. The Bertz CT molecular complexity index is 1270. The molecule has 1 aliphatic heterocycles. The maximum atomic E-state index is 13.5. The van der Waals surface area contributed by atoms with Gasteiger partial charge in [0, 0.05) is 11.9 Å². The number of pyridine rings is 1. The van der Waals surface area contributed by atoms with Gasteiger partial charge < -0.3 is 15.0 Å². The molecule has 0 aliphatic carbocycles. The molecule has 8 nitrogen and oxygen atoms in total. The van der Waals surface area contributed by atoms with E-state index in [9.17, 15) is 18.8 Å². The molecule has 1 aliphatic rings. The van der Waals surface area contributed by atoms with Crippen LogP contribution in [0.3, 0.4) is 0 Å². The molecule has 0 bridgehead atoms. The summed E-state index contributed by atoms with van der Waals surface area (Å²) >= 11 is 5.66. The Hall–Kier alpha value is -4.18. The monoisotopic (exact) mass is 506 g/mol. The van der Waals surface area contributed by atoms with E-state index in [0.29, 0.717) is 22.6 Å². The molecule has 4 rings (SSSR count). The van der Waals surface area contributed by atoms with Gasteiger partial charge in [-0.25, -0.2) is 9.18 Å². The summed E-state index contributed by atoms with van der Waals surface area (Å²) in [5, 5.41) is 2.91. The number of anilines is 2. The number of ether oxygens (including phenoxy) is 1. The van der Waals surface area contributed by atoms with Gasteiger partial charge in [0.05, 0.1) is 36.5 Å². The molecule has 1 N–H and O–H groups in total. The molecule has 0 radical (unpaired) electrons. The Morgan fingerprint density at radius 1 is 1.08 bits per heavy atom. The van der Waals surface area contributed by atoms with Gasteiger partial charge in [0.25, 0.3) is 5.91 Å². The van der Waals surface area contributed by atoms with Crippen LogP contribution in [0.1, 0.15) is 29.4 Å². The Morgan fingerprint density at radius 3 is 2.44 bits per heavy atom. The number of rotatable bonds is 8. The zero-order valence-electron chi connectivity index (χ0n) is 19.4. The van der Waals surface area contributed by atoms with Gasteiger partial charge in [-0.3, -0.25) is 19.5 Å². The van der Waals surface area contributed by atoms with Crippen molar-refractivity contribution in [2.45, 2.75) is 25.9 Å². The van der Waals surface area contributed by atoms with Gasteiger partial charge in [-0.05, 0) is 79.8 Å². The number of benzene rings is 2. The predicted octanol–water partition coefficient (Wildman–Crippen LogP) is 3.93. The third-order valence-electron chi connectivity index (χ3n) is 5.52. The lowest BCUT2D eigenvalue weighted by atomic mass is 10.1. The van der Waals surface area contributed by atoms with E-state index in [1.54, 1.807) is 54.4 Å². The zero-order chi connectivity index (χ0) is 25.7. The summed E-state index contributed by atoms with van der Waals surface area (Å²) in [7, 11) is 0. The highest BCUT2D eigenvalue weighted by atomic mass is 32.1. The lowest BCUT2D eigenvalue weighted by Gasteiger charge is -2.23. The molecule has 1 fully saturated rings. The fourth-order valence-corrected chi connectivity index (χ4v) is 4.19. The van der Waals surface area contributed by atoms with Crippen LogP contribution in [0, 0.1) is 5.82 Å². The molecule has 2 heterocycles. The number of nitrogens with one attached hydrogen (secondary N) is 1. The van der Waals surface area contributed by atoms with Crippen LogP contribution in [-0.2, 0) is 20.9 Å². The molecule has 0 spiro atoms. The standard InChI is InChI=1S/C26H23FN4O4S/c1-2-35-25(34)17-6-12-21(13-7-17)31-24(33)22(15-23(32)29-19-10-8-18(27)9-11-19)30(26(31)36)16-20-5-3-4-14-28-20/h3-14,22H,2,15-16H2,1H3,(H,29,32). The summed E-state index contributed by atoms with van der Waals surface area (Å²) in [6.07, 6.45) is 1.46. The number of carbonyl (C=O) groups is 3. The highest BCUT2D eigenvalue weighted by Gasteiger charge is 2.44. The first-order valence-electron chi connectivity index (χ1n) is 11.2. The van der Waals surface area contributed by atoms with Crippen LogP contribution in [-0.4, -0.2) is 45.4 Å². The van der Waals surface area contributed by atoms with Crippen LogP contribution in [0.25, 0.3) is 0 Å². The number of aromatic nitrogens is 1. The maximum Gasteiger partial charge on any atom is 0.338 e. The highest BCUT2D eigenvalue weighted by molar-refractivity contribution is 7.80. The van der Waals surface area contributed by atoms with Crippen molar-refractivity contribution in [1.82, 2.24) is 9.88 Å². The molecule has 3 aromatic rings. The van der Waals surface area contributed by atoms with Gasteiger partial charge in [-0.1, -0.05) is 6.07 Å². The fourth-order valence-electron chi connectivity index (χ4n) is 3.80. The van der Waals surface area contributed by atoms with Crippen molar-refractivity contribution in [2.75, 3.05) is 16.8 Å². The van der Waals surface area contributed by atoms with E-state index in [2.05, 4.69) is 10.3 Å². The average Bonchev–Trinajstić information content (AvgIpc) is 3.10. The van der Waals surface area contributed by atoms with Gasteiger partial charge in [-0.2, -0.15) is 0 Å². The van der Waals surface area contributed by atoms with E-state index in [1.165, 1.54) is 29.2 Å². The number of halogens is 1. The van der Waals surface area contributed by atoms with Crippen LogP contribution < -0.4 is 10.2 Å². The molecular formula is C26H23FN4O4S. The summed E-state index contributed by atoms with van der Waals surface area (Å²) < 4.78 is 18.2. The minimum Gasteiger partial charge on any atom is -0.462 e. The first kappa shape index (κ1) is 24.9. The van der Waals surface area contributed by atoms with Crippen LogP contribution in [0.2, 0.25) is 0 Å². The summed E-state index contributed by atoms with van der Waals surface area (Å²) in [4.78, 5) is 45.7. The van der Waals surface area contributed by atoms with Gasteiger partial charge in [-0.15, -0.1) is 0 Å². The van der Waals surface area contributed by atoms with E-state index in [0.717, 1.165) is 0 Å². The van der Waals surface area contributed by atoms with Crippen molar-refractivity contribution in [1.29, 1.82) is 0 Å². The molecule has 1 atom stereocenters. The Kier molecular flexibility index (Phi) is 7.65. The topological polar surface area (TPSA) is 91.8 Å². The van der Waals surface area contributed by atoms with E-state index in [4.69, 9.17) is 17.0 Å². The lowest BCUT2D eigenvalue weighted by Crippen LogP contribution is -2.37. The van der Waals surface area contributed by atoms with Crippen LogP contribution in [0.15, 0.2) is 72.9 Å². The zero-order valence-corrected chi connectivity index (χ0v) is 20.2. The second-order valence-electron chi connectivity index (χ2n) is 7.95. The minimum atomic E-state index is -0.885. The summed E-state index contributed by atoms with van der Waals surface area (Å²) in [6.45, 7) is 2.19. The van der Waals surface area contributed by atoms with Crippen LogP contribution in [0.5, 0.6) is 0 Å². The molecule has 36 heavy (non-hydrogen) atoms. The SMILES string of the molecule is CCOC(=O)c1ccc(N2C(=O)C(CC(=O)Nc3ccc(F)cc3)N(Cc3ccccn3)C2=S)cc1. The maximum absolute atomic E-state index is 13.5. The molecule has 2 aromatic carbocycles. The first-order valence-corrected chi connectivity index (χ1v) is 11.6. The molecule has 0 saturated carbocycles. The Morgan fingerprint density at radius 2 is 1.81 bits per heavy atom. The van der Waals surface area contributed by atoms with Gasteiger partial charge in [0.1, 0.15) is 11.9 Å². The second-order valence-corrected chi connectivity index (χ2v) is 8.31. The van der Waals surface area contributed by atoms with Crippen molar-refractivity contribution in [2.24, 2.45) is 0 Å². The summed E-state index contributed by atoms with van der Waals surface area (Å²) in [5.74, 6) is -1.69. The third kappa shape index (κ3) is 5.55. The predicted molar refractivity (Wildman–Crippen MR) is 136 cm³/mol. The Labute approximate surface area is 212 Å². The molecule has 1 unspecified atom stereocenters. The van der Waals surface area contributed by atoms with Crippen molar-refractivity contribution in [3.63, 3.8) is 0 Å². The molecule has 1 saturated heterocycles. The highest BCUT2D eigenvalue weighted by Crippen LogP contribution is 2.29. The van der Waals surface area contributed by atoms with Gasteiger partial charge in [0.15, 0.2) is 5.11 Å². The normalized spacial score (nSPS) is 15.2. The molecule has 2 amide bonds. The summed E-state index contributed by atoms with van der Waals surface area (Å²) in [5.41, 5.74) is 1.90. The number of hydrogen-bond acceptors (Lipinski definition) is 6. The van der Waals surface area contributed by atoms with Crippen molar-refractivity contribution in [3.8, 4) is 0 Å². The smallest absolute Gasteiger partial charge is 0.338 e. The molecule has 10 heteroatoms. The van der Waals surface area contributed by atoms with Crippen LogP contribution in [0.4, 0.5) is 15.8 Å². The average molecular weight is 507 g/mol. The minimum absolute atomic E-state index is 0.180. The number of nitrogens with zero attached hydrogens (tertiary/aromatic N) is 3. The number of thiocarbonyl (C=S) groups is 1. The van der Waals surface area contributed by atoms with E-state index in [-0.39, 0.29) is 30.6 Å². The van der Waals surface area contributed by atoms with Crippen molar-refractivity contribution >= 4 is 46.5 Å². The molecule has 1 aromatic heterocycles. The Balaban J connectivity index is 1.58. The second kappa shape index (κ2) is 11.0. The summed E-state index contributed by atoms with van der Waals surface area (Å²) in [6, 6.07) is 16.2. The first-order chi connectivity index (χ1) is 17.4.